The van der Waals surface area contributed by atoms with Crippen LogP contribution in [0.1, 0.15) is 80.1 Å². The van der Waals surface area contributed by atoms with Crippen LogP contribution in [0.3, 0.4) is 0 Å². The standard InChI is InChI=1S/C24H34N4O4S/c1-28-12-8-16(9-13-28)25-22(29)19-14-17(27-33(31,32)18-6-3-2-4-7-18)15-20-21(19)26-23(30)24(20)10-5-11-24/h14-16,18,27H,2-13H2,1H3,(H,25,29)(H,26,30). The van der Waals surface area contributed by atoms with E-state index in [2.05, 4.69) is 27.3 Å². The van der Waals surface area contributed by atoms with Crippen LogP contribution in [0.25, 0.3) is 0 Å². The van der Waals surface area contributed by atoms with Crippen molar-refractivity contribution in [3.8, 4) is 0 Å². The molecule has 0 bridgehead atoms. The molecule has 2 aliphatic carbocycles. The van der Waals surface area contributed by atoms with Crippen LogP contribution in [0.5, 0.6) is 0 Å². The molecular formula is C24H34N4O4S. The molecule has 3 N–H and O–H groups in total. The van der Waals surface area contributed by atoms with E-state index in [0.29, 0.717) is 29.8 Å². The third kappa shape index (κ3) is 4.14. The Morgan fingerprint density at radius 2 is 1.76 bits per heavy atom. The summed E-state index contributed by atoms with van der Waals surface area (Å²) in [6, 6.07) is 3.45. The van der Waals surface area contributed by atoms with Crippen LogP contribution in [-0.4, -0.2) is 56.6 Å². The number of hydrogen-bond donors (Lipinski definition) is 3. The molecule has 2 heterocycles. The number of sulfonamides is 1. The van der Waals surface area contributed by atoms with Crippen molar-refractivity contribution in [1.29, 1.82) is 0 Å². The summed E-state index contributed by atoms with van der Waals surface area (Å²) < 4.78 is 29.0. The summed E-state index contributed by atoms with van der Waals surface area (Å²) in [5, 5.41) is 5.67. The van der Waals surface area contributed by atoms with Crippen molar-refractivity contribution in [3.63, 3.8) is 0 Å². The first-order chi connectivity index (χ1) is 15.8. The molecule has 2 amide bonds. The Balaban J connectivity index is 1.46. The average molecular weight is 475 g/mol. The monoisotopic (exact) mass is 474 g/mol. The van der Waals surface area contributed by atoms with Crippen LogP contribution < -0.4 is 15.4 Å². The summed E-state index contributed by atoms with van der Waals surface area (Å²) in [6.07, 6.45) is 8.36. The molecule has 8 nitrogen and oxygen atoms in total. The molecule has 0 aromatic heterocycles. The lowest BCUT2D eigenvalue weighted by Crippen LogP contribution is -2.43. The Kier molecular flexibility index (Phi) is 5.89. The van der Waals surface area contributed by atoms with Crippen molar-refractivity contribution in [2.75, 3.05) is 30.2 Å². The second kappa shape index (κ2) is 8.58. The number of carbonyl (C=O) groups excluding carboxylic acids is 2. The first-order valence-corrected chi connectivity index (χ1v) is 13.8. The van der Waals surface area contributed by atoms with Crippen molar-refractivity contribution in [2.24, 2.45) is 0 Å². The summed E-state index contributed by atoms with van der Waals surface area (Å²) in [7, 11) is -1.49. The van der Waals surface area contributed by atoms with Gasteiger partial charge in [-0.1, -0.05) is 25.7 Å². The maximum absolute atomic E-state index is 13.3. The van der Waals surface area contributed by atoms with Crippen molar-refractivity contribution < 1.29 is 18.0 Å². The van der Waals surface area contributed by atoms with Gasteiger partial charge in [-0.3, -0.25) is 14.3 Å². The maximum Gasteiger partial charge on any atom is 0.253 e. The molecule has 1 aromatic carbocycles. The van der Waals surface area contributed by atoms with Crippen molar-refractivity contribution in [2.45, 2.75) is 80.9 Å². The molecule has 0 radical (unpaired) electrons. The molecule has 1 saturated heterocycles. The van der Waals surface area contributed by atoms with Crippen molar-refractivity contribution in [3.05, 3.63) is 23.3 Å². The minimum absolute atomic E-state index is 0.0710. The number of piperidine rings is 1. The molecule has 1 aromatic rings. The van der Waals surface area contributed by atoms with Gasteiger partial charge >= 0.3 is 0 Å². The number of anilines is 2. The van der Waals surface area contributed by atoms with Crippen LogP contribution in [-0.2, 0) is 20.2 Å². The minimum Gasteiger partial charge on any atom is -0.349 e. The molecule has 0 unspecified atom stereocenters. The van der Waals surface area contributed by atoms with Gasteiger partial charge < -0.3 is 15.5 Å². The van der Waals surface area contributed by atoms with E-state index >= 15 is 0 Å². The number of nitrogens with zero attached hydrogens (tertiary/aromatic N) is 1. The van der Waals surface area contributed by atoms with Gasteiger partial charge in [0, 0.05) is 11.7 Å². The van der Waals surface area contributed by atoms with Crippen LogP contribution in [0.2, 0.25) is 0 Å². The lowest BCUT2D eigenvalue weighted by atomic mass is 9.65. The Labute approximate surface area is 195 Å². The van der Waals surface area contributed by atoms with E-state index < -0.39 is 20.7 Å². The second-order valence-electron chi connectivity index (χ2n) is 10.3. The lowest BCUT2D eigenvalue weighted by Gasteiger charge is -2.36. The molecule has 9 heteroatoms. The fraction of sp³-hybridized carbons (Fsp3) is 0.667. The van der Waals surface area contributed by atoms with E-state index in [9.17, 15) is 18.0 Å². The van der Waals surface area contributed by atoms with Gasteiger partial charge in [0.05, 0.1) is 21.9 Å². The van der Waals surface area contributed by atoms with Gasteiger partial charge in [0.2, 0.25) is 15.9 Å². The first-order valence-electron chi connectivity index (χ1n) is 12.3. The normalized spacial score (nSPS) is 23.6. The smallest absolute Gasteiger partial charge is 0.253 e. The molecule has 1 spiro atoms. The predicted molar refractivity (Wildman–Crippen MR) is 128 cm³/mol. The van der Waals surface area contributed by atoms with E-state index in [4.69, 9.17) is 0 Å². The zero-order valence-electron chi connectivity index (χ0n) is 19.3. The van der Waals surface area contributed by atoms with Gasteiger partial charge in [-0.05, 0) is 76.4 Å². The van der Waals surface area contributed by atoms with E-state index in [1.165, 1.54) is 0 Å². The Hall–Kier alpha value is -2.13. The van der Waals surface area contributed by atoms with Crippen LogP contribution in [0, 0.1) is 0 Å². The fourth-order valence-electron chi connectivity index (χ4n) is 5.81. The molecule has 0 atom stereocenters. The summed E-state index contributed by atoms with van der Waals surface area (Å²) in [4.78, 5) is 28.5. The molecule has 180 valence electrons. The molecule has 4 aliphatic rings. The van der Waals surface area contributed by atoms with Crippen molar-refractivity contribution in [1.82, 2.24) is 10.2 Å². The number of rotatable bonds is 5. The highest BCUT2D eigenvalue weighted by molar-refractivity contribution is 7.93. The van der Waals surface area contributed by atoms with E-state index in [0.717, 1.165) is 70.0 Å². The summed E-state index contributed by atoms with van der Waals surface area (Å²) in [5.74, 6) is -0.333. The highest BCUT2D eigenvalue weighted by atomic mass is 32.2. The number of nitrogens with one attached hydrogen (secondary N) is 3. The Bertz CT molecular complexity index is 1050. The Morgan fingerprint density at radius 3 is 2.39 bits per heavy atom. The number of hydrogen-bond acceptors (Lipinski definition) is 5. The van der Waals surface area contributed by atoms with Gasteiger partial charge in [0.15, 0.2) is 0 Å². The Morgan fingerprint density at radius 1 is 1.06 bits per heavy atom. The van der Waals surface area contributed by atoms with Crippen LogP contribution in [0.15, 0.2) is 12.1 Å². The number of amides is 2. The fourth-order valence-corrected chi connectivity index (χ4v) is 7.38. The highest BCUT2D eigenvalue weighted by Gasteiger charge is 2.52. The summed E-state index contributed by atoms with van der Waals surface area (Å²) in [5.41, 5.74) is 1.41. The van der Waals surface area contributed by atoms with Crippen molar-refractivity contribution >= 4 is 33.2 Å². The van der Waals surface area contributed by atoms with Gasteiger partial charge in [-0.15, -0.1) is 0 Å². The molecule has 2 saturated carbocycles. The maximum atomic E-state index is 13.3. The zero-order chi connectivity index (χ0) is 23.2. The van der Waals surface area contributed by atoms with E-state index in [-0.39, 0.29) is 17.9 Å². The third-order valence-corrected chi connectivity index (χ3v) is 9.95. The van der Waals surface area contributed by atoms with Gasteiger partial charge in [0.25, 0.3) is 5.91 Å². The third-order valence-electron chi connectivity index (χ3n) is 8.08. The van der Waals surface area contributed by atoms with Gasteiger partial charge in [-0.25, -0.2) is 8.42 Å². The van der Waals surface area contributed by atoms with E-state index in [1.54, 1.807) is 12.1 Å². The minimum atomic E-state index is -3.56. The molecular weight excluding hydrogens is 440 g/mol. The first kappa shape index (κ1) is 22.7. The van der Waals surface area contributed by atoms with Crippen LogP contribution in [0.4, 0.5) is 11.4 Å². The lowest BCUT2D eigenvalue weighted by molar-refractivity contribution is -0.123. The number of carbonyl (C=O) groups is 2. The average Bonchev–Trinajstić information content (AvgIpc) is 3.07. The zero-order valence-corrected chi connectivity index (χ0v) is 20.1. The molecule has 5 rings (SSSR count). The molecule has 2 aliphatic heterocycles. The van der Waals surface area contributed by atoms with Gasteiger partial charge in [-0.2, -0.15) is 0 Å². The summed E-state index contributed by atoms with van der Waals surface area (Å²) >= 11 is 0. The molecule has 3 fully saturated rings. The number of likely N-dealkylation sites (tertiary alicyclic amines) is 1. The summed E-state index contributed by atoms with van der Waals surface area (Å²) in [6.45, 7) is 1.84. The molecule has 33 heavy (non-hydrogen) atoms. The predicted octanol–water partition coefficient (Wildman–Crippen LogP) is 2.96. The SMILES string of the molecule is CN1CCC(NC(=O)c2cc(NS(=O)(=O)C3CCCCC3)cc3c2NC(=O)C32CCC2)CC1. The largest absolute Gasteiger partial charge is 0.349 e. The topological polar surface area (TPSA) is 108 Å². The van der Waals surface area contributed by atoms with Crippen LogP contribution >= 0.6 is 0 Å². The second-order valence-corrected chi connectivity index (χ2v) is 12.3. The number of fused-ring (bicyclic) bond motifs is 2. The highest BCUT2D eigenvalue weighted by Crippen LogP contribution is 2.52. The van der Waals surface area contributed by atoms with E-state index in [1.807, 2.05) is 0 Å². The quantitative estimate of drug-likeness (QED) is 0.608. The number of benzene rings is 1. The van der Waals surface area contributed by atoms with Gasteiger partial charge in [0.1, 0.15) is 0 Å².